The minimum absolute atomic E-state index is 0.174. The molecule has 0 amide bonds. The molecule has 1 fully saturated rings. The van der Waals surface area contributed by atoms with Gasteiger partial charge in [-0.3, -0.25) is 0 Å². The van der Waals surface area contributed by atoms with Crippen molar-refractivity contribution < 1.29 is 4.39 Å². The molecule has 2 aliphatic carbocycles. The Morgan fingerprint density at radius 2 is 1.54 bits per heavy atom. The van der Waals surface area contributed by atoms with Crippen LogP contribution in [-0.4, -0.2) is 0 Å². The number of rotatable bonds is 2. The first-order chi connectivity index (χ1) is 12.7. The summed E-state index contributed by atoms with van der Waals surface area (Å²) in [6.45, 7) is 2.36. The highest BCUT2D eigenvalue weighted by atomic mass is 19.1. The van der Waals surface area contributed by atoms with Gasteiger partial charge in [0, 0.05) is 0 Å². The Balaban J connectivity index is 1.49. The second-order valence-corrected chi connectivity index (χ2v) is 8.24. The first kappa shape index (κ1) is 17.3. The molecule has 0 aromatic heterocycles. The fraction of sp³-hybridized carbons (Fsp3) is 0.458. The van der Waals surface area contributed by atoms with E-state index >= 15 is 0 Å². The molecule has 0 aliphatic heterocycles. The summed E-state index contributed by atoms with van der Waals surface area (Å²) in [5, 5.41) is 9.01. The topological polar surface area (TPSA) is 23.8 Å². The van der Waals surface area contributed by atoms with Crippen molar-refractivity contribution >= 4 is 0 Å². The summed E-state index contributed by atoms with van der Waals surface area (Å²) in [5.74, 6) is 1.76. The number of hydrogen-bond acceptors (Lipinski definition) is 1. The summed E-state index contributed by atoms with van der Waals surface area (Å²) in [6, 6.07) is 14.8. The third-order valence-electron chi connectivity index (χ3n) is 6.56. The first-order valence-electron chi connectivity index (χ1n) is 9.96. The van der Waals surface area contributed by atoms with Crippen molar-refractivity contribution in [1.82, 2.24) is 0 Å². The van der Waals surface area contributed by atoms with E-state index in [0.29, 0.717) is 5.92 Å². The van der Waals surface area contributed by atoms with Gasteiger partial charge in [-0.05, 0) is 78.2 Å². The Kier molecular flexibility index (Phi) is 4.81. The Morgan fingerprint density at radius 3 is 2.19 bits per heavy atom. The van der Waals surface area contributed by atoms with Gasteiger partial charge in [0.1, 0.15) is 11.9 Å². The van der Waals surface area contributed by atoms with Crippen LogP contribution in [0, 0.1) is 23.1 Å². The molecule has 0 saturated heterocycles. The van der Waals surface area contributed by atoms with Crippen LogP contribution in [0.15, 0.2) is 36.4 Å². The summed E-state index contributed by atoms with van der Waals surface area (Å²) in [5.41, 5.74) is 4.86. The van der Waals surface area contributed by atoms with Crippen molar-refractivity contribution in [1.29, 1.82) is 5.26 Å². The minimum Gasteiger partial charge on any atom is -0.205 e. The molecule has 26 heavy (non-hydrogen) atoms. The standard InChI is InChI=1S/C24H26FN/c1-16-2-4-17(5-3-16)18-6-8-19(9-7-18)20-12-13-23-21(14-20)10-11-22(15-26)24(23)25/h6-11,16-17,20H,2-5,12-14H2,1H3. The maximum atomic E-state index is 14.3. The third kappa shape index (κ3) is 3.28. The van der Waals surface area contributed by atoms with Gasteiger partial charge < -0.3 is 0 Å². The number of halogens is 1. The number of nitriles is 1. The maximum absolute atomic E-state index is 14.3. The van der Waals surface area contributed by atoms with E-state index in [9.17, 15) is 4.39 Å². The molecule has 2 aliphatic rings. The van der Waals surface area contributed by atoms with Gasteiger partial charge >= 0.3 is 0 Å². The van der Waals surface area contributed by atoms with E-state index in [1.165, 1.54) is 36.8 Å². The highest BCUT2D eigenvalue weighted by Crippen LogP contribution is 2.38. The normalized spacial score (nSPS) is 25.3. The lowest BCUT2D eigenvalue weighted by molar-refractivity contribution is 0.348. The van der Waals surface area contributed by atoms with Gasteiger partial charge in [-0.25, -0.2) is 4.39 Å². The van der Waals surface area contributed by atoms with E-state index in [0.717, 1.165) is 42.2 Å². The van der Waals surface area contributed by atoms with Crippen molar-refractivity contribution in [2.75, 3.05) is 0 Å². The largest absolute Gasteiger partial charge is 0.205 e. The molecule has 0 radical (unpaired) electrons. The van der Waals surface area contributed by atoms with Crippen LogP contribution in [0.5, 0.6) is 0 Å². The van der Waals surface area contributed by atoms with Crippen LogP contribution < -0.4 is 0 Å². The molecular weight excluding hydrogens is 321 g/mol. The van der Waals surface area contributed by atoms with Crippen LogP contribution in [0.4, 0.5) is 4.39 Å². The van der Waals surface area contributed by atoms with Crippen LogP contribution in [0.1, 0.15) is 78.7 Å². The fourth-order valence-corrected chi connectivity index (χ4v) is 4.81. The highest BCUT2D eigenvalue weighted by molar-refractivity contribution is 5.43. The monoisotopic (exact) mass is 347 g/mol. The van der Waals surface area contributed by atoms with Crippen molar-refractivity contribution in [3.63, 3.8) is 0 Å². The van der Waals surface area contributed by atoms with Crippen molar-refractivity contribution in [2.45, 2.75) is 63.7 Å². The molecule has 4 rings (SSSR count). The van der Waals surface area contributed by atoms with Crippen LogP contribution in [0.2, 0.25) is 0 Å². The van der Waals surface area contributed by atoms with Gasteiger partial charge in [-0.1, -0.05) is 50.1 Å². The summed E-state index contributed by atoms with van der Waals surface area (Å²) >= 11 is 0. The van der Waals surface area contributed by atoms with Crippen molar-refractivity contribution in [3.05, 3.63) is 70.0 Å². The lowest BCUT2D eigenvalue weighted by Crippen LogP contribution is -2.15. The van der Waals surface area contributed by atoms with Gasteiger partial charge in [-0.2, -0.15) is 5.26 Å². The summed E-state index contributed by atoms with van der Waals surface area (Å²) < 4.78 is 14.3. The number of hydrogen-bond donors (Lipinski definition) is 0. The van der Waals surface area contributed by atoms with E-state index in [-0.39, 0.29) is 11.4 Å². The van der Waals surface area contributed by atoms with Crippen molar-refractivity contribution in [3.8, 4) is 6.07 Å². The first-order valence-corrected chi connectivity index (χ1v) is 9.96. The Morgan fingerprint density at radius 1 is 0.885 bits per heavy atom. The molecular formula is C24H26FN. The SMILES string of the molecule is CC1CCC(c2ccc(C3CCc4c(ccc(C#N)c4F)C3)cc2)CC1. The molecule has 2 aromatic carbocycles. The molecule has 1 unspecified atom stereocenters. The zero-order chi connectivity index (χ0) is 18.1. The van der Waals surface area contributed by atoms with Gasteiger partial charge in [0.2, 0.25) is 0 Å². The van der Waals surface area contributed by atoms with Gasteiger partial charge in [0.15, 0.2) is 0 Å². The van der Waals surface area contributed by atoms with Crippen LogP contribution >= 0.6 is 0 Å². The maximum Gasteiger partial charge on any atom is 0.144 e. The second kappa shape index (κ2) is 7.23. The molecule has 1 saturated carbocycles. The average molecular weight is 347 g/mol. The van der Waals surface area contributed by atoms with Crippen LogP contribution in [0.3, 0.4) is 0 Å². The molecule has 2 heteroatoms. The summed E-state index contributed by atoms with van der Waals surface area (Å²) in [4.78, 5) is 0. The van der Waals surface area contributed by atoms with E-state index in [1.807, 2.05) is 12.1 Å². The van der Waals surface area contributed by atoms with E-state index in [4.69, 9.17) is 5.26 Å². The van der Waals surface area contributed by atoms with Crippen LogP contribution in [0.25, 0.3) is 0 Å². The van der Waals surface area contributed by atoms with E-state index < -0.39 is 0 Å². The smallest absolute Gasteiger partial charge is 0.144 e. The molecule has 1 atom stereocenters. The second-order valence-electron chi connectivity index (χ2n) is 8.24. The predicted molar refractivity (Wildman–Crippen MR) is 103 cm³/mol. The van der Waals surface area contributed by atoms with E-state index in [2.05, 4.69) is 31.2 Å². The molecule has 0 N–H and O–H groups in total. The Labute approximate surface area is 155 Å². The fourth-order valence-electron chi connectivity index (χ4n) is 4.81. The van der Waals surface area contributed by atoms with Gasteiger partial charge in [0.25, 0.3) is 0 Å². The molecule has 2 aromatic rings. The zero-order valence-electron chi connectivity index (χ0n) is 15.5. The van der Waals surface area contributed by atoms with Crippen LogP contribution in [-0.2, 0) is 12.8 Å². The Hall–Kier alpha value is -2.14. The summed E-state index contributed by atoms with van der Waals surface area (Å²) in [6.07, 6.45) is 7.89. The average Bonchev–Trinajstić information content (AvgIpc) is 2.69. The third-order valence-corrected chi connectivity index (χ3v) is 6.56. The number of nitrogens with zero attached hydrogens (tertiary/aromatic N) is 1. The lowest BCUT2D eigenvalue weighted by Gasteiger charge is -2.28. The molecule has 0 heterocycles. The van der Waals surface area contributed by atoms with Gasteiger partial charge in [-0.15, -0.1) is 0 Å². The molecule has 0 bridgehead atoms. The molecule has 1 nitrogen and oxygen atoms in total. The Bertz CT molecular complexity index is 823. The quantitative estimate of drug-likeness (QED) is 0.628. The number of fused-ring (bicyclic) bond motifs is 1. The van der Waals surface area contributed by atoms with Crippen molar-refractivity contribution in [2.24, 2.45) is 5.92 Å². The van der Waals surface area contributed by atoms with Gasteiger partial charge in [0.05, 0.1) is 5.56 Å². The summed E-state index contributed by atoms with van der Waals surface area (Å²) in [7, 11) is 0. The zero-order valence-corrected chi connectivity index (χ0v) is 15.5. The molecule has 134 valence electrons. The number of benzene rings is 2. The molecule has 0 spiro atoms. The highest BCUT2D eigenvalue weighted by Gasteiger charge is 2.24. The predicted octanol–water partition coefficient (Wildman–Crippen LogP) is 6.26. The lowest BCUT2D eigenvalue weighted by atomic mass is 9.77. The minimum atomic E-state index is -0.301. The van der Waals surface area contributed by atoms with E-state index in [1.54, 1.807) is 6.07 Å².